The summed E-state index contributed by atoms with van der Waals surface area (Å²) in [6.45, 7) is 4.38. The maximum Gasteiger partial charge on any atom is 0.319 e. The molecule has 1 aromatic heterocycles. The summed E-state index contributed by atoms with van der Waals surface area (Å²) in [5.74, 6) is 1.86. The van der Waals surface area contributed by atoms with E-state index in [-0.39, 0.29) is 17.8 Å². The molecule has 0 aliphatic rings. The van der Waals surface area contributed by atoms with Crippen LogP contribution in [0.2, 0.25) is 0 Å². The molecule has 1 heterocycles. The minimum atomic E-state index is -0.296. The van der Waals surface area contributed by atoms with Gasteiger partial charge in [-0.15, -0.1) is 10.2 Å². The summed E-state index contributed by atoms with van der Waals surface area (Å²) >= 11 is 1.35. The molecule has 0 spiro atoms. The number of carbonyl (C=O) groups excluding carboxylic acids is 1. The lowest BCUT2D eigenvalue weighted by molar-refractivity contribution is -0.142. The number of aromatic nitrogens is 3. The van der Waals surface area contributed by atoms with Gasteiger partial charge in [-0.05, 0) is 25.5 Å². The van der Waals surface area contributed by atoms with Crippen LogP contribution in [0.15, 0.2) is 29.4 Å². The van der Waals surface area contributed by atoms with E-state index in [9.17, 15) is 4.79 Å². The molecule has 2 aromatic rings. The summed E-state index contributed by atoms with van der Waals surface area (Å²) in [4.78, 5) is 11.9. The maximum absolute atomic E-state index is 11.9. The number of carbonyl (C=O) groups is 1. The van der Waals surface area contributed by atoms with E-state index < -0.39 is 0 Å². The molecule has 1 aromatic carbocycles. The number of hydrogen-bond acceptors (Lipinski definition) is 7. The molecule has 0 unspecified atom stereocenters. The zero-order valence-corrected chi connectivity index (χ0v) is 15.7. The monoisotopic (exact) mass is 365 g/mol. The lowest BCUT2D eigenvalue weighted by Crippen LogP contribution is -2.20. The van der Waals surface area contributed by atoms with Crippen molar-refractivity contribution < 1.29 is 19.0 Å². The van der Waals surface area contributed by atoms with E-state index in [0.717, 1.165) is 5.75 Å². The van der Waals surface area contributed by atoms with Gasteiger partial charge in [0.1, 0.15) is 23.4 Å². The van der Waals surface area contributed by atoms with Gasteiger partial charge < -0.3 is 18.8 Å². The molecule has 0 fully saturated rings. The average molecular weight is 365 g/mol. The van der Waals surface area contributed by atoms with E-state index in [1.54, 1.807) is 20.1 Å². The Morgan fingerprint density at radius 1 is 1.28 bits per heavy atom. The average Bonchev–Trinajstić information content (AvgIpc) is 2.98. The summed E-state index contributed by atoms with van der Waals surface area (Å²) in [7, 11) is 3.46. The van der Waals surface area contributed by atoms with Crippen LogP contribution in [0.1, 0.15) is 26.1 Å². The number of benzene rings is 1. The summed E-state index contributed by atoms with van der Waals surface area (Å²) in [6, 6.07) is 7.36. The first-order valence-corrected chi connectivity index (χ1v) is 8.95. The highest BCUT2D eigenvalue weighted by Gasteiger charge is 2.22. The highest BCUT2D eigenvalue weighted by Crippen LogP contribution is 2.25. The fourth-order valence-corrected chi connectivity index (χ4v) is 3.01. The first-order valence-electron chi connectivity index (χ1n) is 8.07. The third-order valence-electron chi connectivity index (χ3n) is 3.50. The molecule has 0 radical (unpaired) electrons. The van der Waals surface area contributed by atoms with Gasteiger partial charge in [0.15, 0.2) is 11.0 Å². The van der Waals surface area contributed by atoms with Gasteiger partial charge in [-0.1, -0.05) is 24.8 Å². The van der Waals surface area contributed by atoms with Crippen LogP contribution in [0.5, 0.6) is 11.5 Å². The third-order valence-corrected chi connectivity index (χ3v) is 4.88. The van der Waals surface area contributed by atoms with Crippen molar-refractivity contribution in [3.63, 3.8) is 0 Å². The van der Waals surface area contributed by atoms with Gasteiger partial charge in [0.25, 0.3) is 0 Å². The molecule has 2 rings (SSSR count). The van der Waals surface area contributed by atoms with Crippen LogP contribution >= 0.6 is 11.8 Å². The van der Waals surface area contributed by atoms with Crippen LogP contribution in [0.4, 0.5) is 0 Å². The Morgan fingerprint density at radius 2 is 2.04 bits per heavy atom. The van der Waals surface area contributed by atoms with Gasteiger partial charge in [-0.2, -0.15) is 0 Å². The number of hydrogen-bond donors (Lipinski definition) is 0. The van der Waals surface area contributed by atoms with Crippen molar-refractivity contribution in [3.8, 4) is 11.5 Å². The lowest BCUT2D eigenvalue weighted by Gasteiger charge is -2.12. The Kier molecular flexibility index (Phi) is 7.12. The largest absolute Gasteiger partial charge is 0.497 e. The van der Waals surface area contributed by atoms with Crippen molar-refractivity contribution in [2.75, 3.05) is 13.7 Å². The molecule has 136 valence electrons. The minimum Gasteiger partial charge on any atom is -0.497 e. The van der Waals surface area contributed by atoms with Crippen LogP contribution in [-0.4, -0.2) is 39.7 Å². The molecule has 25 heavy (non-hydrogen) atoms. The Labute approximate surface area is 151 Å². The van der Waals surface area contributed by atoms with Gasteiger partial charge in [0.2, 0.25) is 0 Å². The number of methoxy groups -OCH3 is 1. The predicted molar refractivity (Wildman–Crippen MR) is 94.9 cm³/mol. The second-order valence-electron chi connectivity index (χ2n) is 5.19. The van der Waals surface area contributed by atoms with Crippen molar-refractivity contribution in [1.29, 1.82) is 0 Å². The predicted octanol–water partition coefficient (Wildman–Crippen LogP) is 2.84. The molecule has 0 saturated carbocycles. The van der Waals surface area contributed by atoms with Crippen molar-refractivity contribution in [2.45, 2.75) is 37.3 Å². The molecule has 0 bridgehead atoms. The number of ether oxygens (including phenoxy) is 3. The van der Waals surface area contributed by atoms with Crippen LogP contribution in [0.3, 0.4) is 0 Å². The standard InChI is InChI=1S/C17H23N3O4S/c1-5-14(16(21)23-6-2)25-17-19-18-15(20(17)3)11-24-13-9-7-8-12(10-13)22-4/h7-10,14H,5-6,11H2,1-4H3/t14-/m1/s1. The van der Waals surface area contributed by atoms with Gasteiger partial charge in [0.05, 0.1) is 13.7 Å². The number of rotatable bonds is 9. The van der Waals surface area contributed by atoms with E-state index in [1.165, 1.54) is 11.8 Å². The number of nitrogens with zero attached hydrogens (tertiary/aromatic N) is 3. The first-order chi connectivity index (χ1) is 12.1. The zero-order chi connectivity index (χ0) is 18.2. The number of thioether (sulfide) groups is 1. The quantitative estimate of drug-likeness (QED) is 0.499. The fraction of sp³-hybridized carbons (Fsp3) is 0.471. The molecule has 0 saturated heterocycles. The van der Waals surface area contributed by atoms with E-state index >= 15 is 0 Å². The Bertz CT molecular complexity index is 705. The molecular weight excluding hydrogens is 342 g/mol. The molecule has 0 N–H and O–H groups in total. The summed E-state index contributed by atoms with van der Waals surface area (Å²) in [5.41, 5.74) is 0. The van der Waals surface area contributed by atoms with Crippen LogP contribution in [0.25, 0.3) is 0 Å². The third kappa shape index (κ3) is 5.12. The zero-order valence-electron chi connectivity index (χ0n) is 14.9. The van der Waals surface area contributed by atoms with Crippen LogP contribution in [0, 0.1) is 0 Å². The molecule has 0 aliphatic carbocycles. The Hall–Kier alpha value is -2.22. The highest BCUT2D eigenvalue weighted by atomic mass is 32.2. The fourth-order valence-electron chi connectivity index (χ4n) is 2.07. The second-order valence-corrected chi connectivity index (χ2v) is 6.36. The van der Waals surface area contributed by atoms with Gasteiger partial charge in [-0.25, -0.2) is 0 Å². The second kappa shape index (κ2) is 9.31. The van der Waals surface area contributed by atoms with Gasteiger partial charge in [0, 0.05) is 13.1 Å². The molecule has 0 aliphatic heterocycles. The number of esters is 1. The Balaban J connectivity index is 2.01. The lowest BCUT2D eigenvalue weighted by atomic mass is 10.3. The highest BCUT2D eigenvalue weighted by molar-refractivity contribution is 8.00. The van der Waals surface area contributed by atoms with Crippen molar-refractivity contribution in [3.05, 3.63) is 30.1 Å². The van der Waals surface area contributed by atoms with Crippen LogP contribution in [-0.2, 0) is 23.2 Å². The first kappa shape index (κ1) is 19.1. The molecule has 8 heteroatoms. The summed E-state index contributed by atoms with van der Waals surface area (Å²) in [6.07, 6.45) is 0.659. The normalized spacial score (nSPS) is 11.8. The minimum absolute atomic E-state index is 0.229. The molecule has 7 nitrogen and oxygen atoms in total. The molecule has 0 amide bonds. The van der Waals surface area contributed by atoms with Gasteiger partial charge >= 0.3 is 5.97 Å². The molecule has 1 atom stereocenters. The van der Waals surface area contributed by atoms with Gasteiger partial charge in [-0.3, -0.25) is 4.79 Å². The Morgan fingerprint density at radius 3 is 2.72 bits per heavy atom. The van der Waals surface area contributed by atoms with E-state index in [4.69, 9.17) is 14.2 Å². The molecular formula is C17H23N3O4S. The van der Waals surface area contributed by atoms with E-state index in [1.807, 2.05) is 36.7 Å². The van der Waals surface area contributed by atoms with Crippen molar-refractivity contribution in [1.82, 2.24) is 14.8 Å². The summed E-state index contributed by atoms with van der Waals surface area (Å²) in [5, 5.41) is 8.67. The van der Waals surface area contributed by atoms with Crippen LogP contribution < -0.4 is 9.47 Å². The summed E-state index contributed by atoms with van der Waals surface area (Å²) < 4.78 is 17.8. The van der Waals surface area contributed by atoms with Crippen molar-refractivity contribution >= 4 is 17.7 Å². The topological polar surface area (TPSA) is 75.5 Å². The van der Waals surface area contributed by atoms with E-state index in [2.05, 4.69) is 10.2 Å². The van der Waals surface area contributed by atoms with E-state index in [0.29, 0.717) is 29.8 Å². The maximum atomic E-state index is 11.9. The van der Waals surface area contributed by atoms with Crippen molar-refractivity contribution in [2.24, 2.45) is 7.05 Å². The SMILES string of the molecule is CCOC(=O)[C@@H](CC)Sc1nnc(COc2cccc(OC)c2)n1C. The smallest absolute Gasteiger partial charge is 0.319 e.